The fraction of sp³-hybridized carbons (Fsp3) is 0.412. The first-order valence-electron chi connectivity index (χ1n) is 8.78. The lowest BCUT2D eigenvalue weighted by molar-refractivity contribution is 0.235. The SMILES string of the molecule is Cn1cc(COc2nn3c(-c4ccon4)nnc3cc2C2(C)CCC2)nn1. The minimum Gasteiger partial charge on any atom is -0.470 e. The highest BCUT2D eigenvalue weighted by Crippen LogP contribution is 2.46. The van der Waals surface area contributed by atoms with Crippen molar-refractivity contribution in [3.63, 3.8) is 0 Å². The second kappa shape index (κ2) is 5.86. The molecule has 0 spiro atoms. The quantitative estimate of drug-likeness (QED) is 0.527. The van der Waals surface area contributed by atoms with Gasteiger partial charge in [-0.25, -0.2) is 0 Å². The summed E-state index contributed by atoms with van der Waals surface area (Å²) in [6, 6.07) is 3.73. The van der Waals surface area contributed by atoms with Gasteiger partial charge in [-0.2, -0.15) is 4.52 Å². The van der Waals surface area contributed by atoms with E-state index in [1.807, 2.05) is 19.3 Å². The Kier molecular flexibility index (Phi) is 3.46. The van der Waals surface area contributed by atoms with E-state index in [4.69, 9.17) is 14.4 Å². The molecule has 4 aromatic rings. The molecular formula is C17H18N8O2. The Morgan fingerprint density at radius 2 is 2.15 bits per heavy atom. The smallest absolute Gasteiger partial charge is 0.236 e. The monoisotopic (exact) mass is 366 g/mol. The Morgan fingerprint density at radius 3 is 2.81 bits per heavy atom. The van der Waals surface area contributed by atoms with Gasteiger partial charge in [0.25, 0.3) is 0 Å². The fourth-order valence-corrected chi connectivity index (χ4v) is 3.42. The zero-order valence-electron chi connectivity index (χ0n) is 15.0. The van der Waals surface area contributed by atoms with Crippen molar-refractivity contribution in [1.82, 2.24) is 40.0 Å². The van der Waals surface area contributed by atoms with Crippen LogP contribution in [0.4, 0.5) is 0 Å². The van der Waals surface area contributed by atoms with E-state index >= 15 is 0 Å². The van der Waals surface area contributed by atoms with Gasteiger partial charge in [-0.3, -0.25) is 4.68 Å². The summed E-state index contributed by atoms with van der Waals surface area (Å²) in [5, 5.41) is 25.1. The van der Waals surface area contributed by atoms with Crippen molar-refractivity contribution in [1.29, 1.82) is 0 Å². The van der Waals surface area contributed by atoms with Gasteiger partial charge in [0.1, 0.15) is 18.6 Å². The molecule has 1 saturated carbocycles. The van der Waals surface area contributed by atoms with Crippen molar-refractivity contribution in [2.75, 3.05) is 0 Å². The number of aromatic nitrogens is 8. The van der Waals surface area contributed by atoms with Gasteiger partial charge in [0.05, 0.1) is 6.20 Å². The maximum Gasteiger partial charge on any atom is 0.236 e. The predicted molar refractivity (Wildman–Crippen MR) is 92.8 cm³/mol. The van der Waals surface area contributed by atoms with Crippen molar-refractivity contribution in [2.24, 2.45) is 7.05 Å². The zero-order chi connectivity index (χ0) is 18.4. The molecule has 0 saturated heterocycles. The number of aryl methyl sites for hydroxylation is 1. The van der Waals surface area contributed by atoms with Gasteiger partial charge in [-0.15, -0.1) is 20.4 Å². The first-order chi connectivity index (χ1) is 13.1. The van der Waals surface area contributed by atoms with E-state index in [1.165, 1.54) is 12.7 Å². The van der Waals surface area contributed by atoms with E-state index in [2.05, 4.69) is 32.6 Å². The lowest BCUT2D eigenvalue weighted by atomic mass is 9.66. The van der Waals surface area contributed by atoms with E-state index in [0.29, 0.717) is 23.0 Å². The van der Waals surface area contributed by atoms with Gasteiger partial charge in [0.15, 0.2) is 11.3 Å². The average molecular weight is 366 g/mol. The van der Waals surface area contributed by atoms with Gasteiger partial charge >= 0.3 is 0 Å². The van der Waals surface area contributed by atoms with Crippen LogP contribution in [0.15, 0.2) is 29.1 Å². The van der Waals surface area contributed by atoms with Crippen LogP contribution < -0.4 is 4.74 Å². The molecule has 0 aromatic carbocycles. The van der Waals surface area contributed by atoms with Crippen LogP contribution in [0.3, 0.4) is 0 Å². The molecule has 1 aliphatic carbocycles. The molecule has 1 fully saturated rings. The van der Waals surface area contributed by atoms with E-state index in [9.17, 15) is 0 Å². The topological polar surface area (TPSA) is 109 Å². The van der Waals surface area contributed by atoms with Crippen molar-refractivity contribution < 1.29 is 9.26 Å². The third kappa shape index (κ3) is 2.64. The number of hydrogen-bond acceptors (Lipinski definition) is 8. The number of rotatable bonds is 5. The second-order valence-electron chi connectivity index (χ2n) is 7.13. The molecule has 10 heteroatoms. The van der Waals surface area contributed by atoms with Gasteiger partial charge < -0.3 is 9.26 Å². The van der Waals surface area contributed by atoms with Crippen LogP contribution in [0.2, 0.25) is 0 Å². The molecule has 0 N–H and O–H groups in total. The Bertz CT molecular complexity index is 1090. The first kappa shape index (κ1) is 15.9. The third-order valence-electron chi connectivity index (χ3n) is 5.14. The number of ether oxygens (including phenoxy) is 1. The largest absolute Gasteiger partial charge is 0.470 e. The van der Waals surface area contributed by atoms with Gasteiger partial charge in [-0.1, -0.05) is 23.7 Å². The fourth-order valence-electron chi connectivity index (χ4n) is 3.42. The van der Waals surface area contributed by atoms with E-state index in [-0.39, 0.29) is 12.0 Å². The van der Waals surface area contributed by atoms with E-state index in [1.54, 1.807) is 15.3 Å². The Balaban J connectivity index is 1.58. The van der Waals surface area contributed by atoms with Gasteiger partial charge in [-0.05, 0) is 24.3 Å². The summed E-state index contributed by atoms with van der Waals surface area (Å²) in [7, 11) is 1.82. The summed E-state index contributed by atoms with van der Waals surface area (Å²) in [6.45, 7) is 2.52. The first-order valence-corrected chi connectivity index (χ1v) is 8.78. The van der Waals surface area contributed by atoms with Crippen LogP contribution >= 0.6 is 0 Å². The molecular weight excluding hydrogens is 348 g/mol. The summed E-state index contributed by atoms with van der Waals surface area (Å²) < 4.78 is 14.3. The zero-order valence-corrected chi connectivity index (χ0v) is 15.0. The molecule has 1 aliphatic rings. The lowest BCUT2D eigenvalue weighted by Gasteiger charge is -2.39. The molecule has 27 heavy (non-hydrogen) atoms. The number of hydrogen-bond donors (Lipinski definition) is 0. The molecule has 10 nitrogen and oxygen atoms in total. The number of nitrogens with zero attached hydrogens (tertiary/aromatic N) is 8. The lowest BCUT2D eigenvalue weighted by Crippen LogP contribution is -2.31. The molecule has 4 heterocycles. The van der Waals surface area contributed by atoms with E-state index in [0.717, 1.165) is 24.1 Å². The summed E-state index contributed by atoms with van der Waals surface area (Å²) in [6.07, 6.45) is 6.70. The molecule has 4 aromatic heterocycles. The maximum atomic E-state index is 6.06. The van der Waals surface area contributed by atoms with Crippen LogP contribution in [-0.4, -0.2) is 40.0 Å². The standard InChI is InChI=1S/C17H18N8O2/c1-17(5-3-6-17)12-8-14-19-20-15(13-4-7-27-22-13)25(14)21-16(12)26-10-11-9-24(2)23-18-11/h4,7-9H,3,5-6,10H2,1-2H3. The summed E-state index contributed by atoms with van der Waals surface area (Å²) in [4.78, 5) is 0. The number of fused-ring (bicyclic) bond motifs is 1. The van der Waals surface area contributed by atoms with Crippen molar-refractivity contribution in [3.05, 3.63) is 35.9 Å². The molecule has 0 bridgehead atoms. The maximum absolute atomic E-state index is 6.06. The summed E-state index contributed by atoms with van der Waals surface area (Å²) in [5.41, 5.74) is 3.04. The van der Waals surface area contributed by atoms with Gasteiger partial charge in [0, 0.05) is 18.7 Å². The molecule has 138 valence electrons. The normalized spacial score (nSPS) is 15.8. The molecule has 0 aliphatic heterocycles. The Labute approximate surface area is 154 Å². The minimum absolute atomic E-state index is 0.0342. The molecule has 0 atom stereocenters. The molecule has 0 amide bonds. The Hall–Kier alpha value is -3.30. The van der Waals surface area contributed by atoms with Crippen LogP contribution in [0.5, 0.6) is 5.88 Å². The molecule has 0 radical (unpaired) electrons. The third-order valence-corrected chi connectivity index (χ3v) is 5.14. The Morgan fingerprint density at radius 1 is 1.26 bits per heavy atom. The van der Waals surface area contributed by atoms with Crippen LogP contribution in [-0.2, 0) is 19.1 Å². The van der Waals surface area contributed by atoms with Crippen molar-refractivity contribution in [2.45, 2.75) is 38.2 Å². The highest BCUT2D eigenvalue weighted by Gasteiger charge is 2.37. The van der Waals surface area contributed by atoms with Crippen LogP contribution in [0.1, 0.15) is 37.4 Å². The second-order valence-corrected chi connectivity index (χ2v) is 7.13. The highest BCUT2D eigenvalue weighted by atomic mass is 16.5. The van der Waals surface area contributed by atoms with E-state index < -0.39 is 0 Å². The highest BCUT2D eigenvalue weighted by molar-refractivity contribution is 5.56. The van der Waals surface area contributed by atoms with Crippen LogP contribution in [0.25, 0.3) is 17.2 Å². The van der Waals surface area contributed by atoms with Crippen molar-refractivity contribution in [3.8, 4) is 17.4 Å². The van der Waals surface area contributed by atoms with Crippen molar-refractivity contribution >= 4 is 5.65 Å². The van der Waals surface area contributed by atoms with Gasteiger partial charge in [0.2, 0.25) is 11.7 Å². The molecule has 0 unspecified atom stereocenters. The minimum atomic E-state index is 0.0342. The predicted octanol–water partition coefficient (Wildman–Crippen LogP) is 1.93. The van der Waals surface area contributed by atoms with Crippen LogP contribution in [0, 0.1) is 0 Å². The summed E-state index contributed by atoms with van der Waals surface area (Å²) >= 11 is 0. The molecule has 5 rings (SSSR count). The average Bonchev–Trinajstić information content (AvgIpc) is 3.37. The summed E-state index contributed by atoms with van der Waals surface area (Å²) in [5.74, 6) is 1.06.